The lowest BCUT2D eigenvalue weighted by Gasteiger charge is -2.10. The summed E-state index contributed by atoms with van der Waals surface area (Å²) >= 11 is 0. The Balaban J connectivity index is 1.99. The highest BCUT2D eigenvalue weighted by Gasteiger charge is 2.18. The van der Waals surface area contributed by atoms with E-state index in [4.69, 9.17) is 0 Å². The molecule has 0 radical (unpaired) electrons. The number of aromatic nitrogens is 2. The average Bonchev–Trinajstić information content (AvgIpc) is 2.90. The van der Waals surface area contributed by atoms with Crippen LogP contribution in [-0.2, 0) is 16.9 Å². The lowest BCUT2D eigenvalue weighted by Crippen LogP contribution is -2.15. The van der Waals surface area contributed by atoms with Crippen LogP contribution in [0, 0.1) is 6.92 Å². The Morgan fingerprint density at radius 2 is 1.77 bits per heavy atom. The molecular formula is C19H19N3O3S. The average molecular weight is 369 g/mol. The normalized spacial score (nSPS) is 11.3. The number of benzene rings is 2. The second-order valence-corrected chi connectivity index (χ2v) is 8.05. The molecule has 134 valence electrons. The number of aryl methyl sites for hydroxylation is 1. The first kappa shape index (κ1) is 17.9. The fourth-order valence-corrected chi connectivity index (χ4v) is 3.27. The van der Waals surface area contributed by atoms with Gasteiger partial charge in [0.2, 0.25) is 0 Å². The summed E-state index contributed by atoms with van der Waals surface area (Å²) < 4.78 is 25.2. The molecule has 0 bridgehead atoms. The quantitative estimate of drug-likeness (QED) is 0.766. The number of carbonyl (C=O) groups is 1. The smallest absolute Gasteiger partial charge is 0.256 e. The van der Waals surface area contributed by atoms with E-state index >= 15 is 0 Å². The van der Waals surface area contributed by atoms with Crippen LogP contribution >= 0.6 is 0 Å². The lowest BCUT2D eigenvalue weighted by atomic mass is 10.1. The molecule has 1 N–H and O–H groups in total. The van der Waals surface area contributed by atoms with Crippen molar-refractivity contribution in [2.75, 3.05) is 11.6 Å². The van der Waals surface area contributed by atoms with Crippen LogP contribution in [0.3, 0.4) is 0 Å². The van der Waals surface area contributed by atoms with Crippen molar-refractivity contribution in [2.24, 2.45) is 7.05 Å². The van der Waals surface area contributed by atoms with Crippen molar-refractivity contribution in [3.63, 3.8) is 0 Å². The minimum absolute atomic E-state index is 0.106. The summed E-state index contributed by atoms with van der Waals surface area (Å²) in [6, 6.07) is 15.5. The largest absolute Gasteiger partial charge is 0.318 e. The van der Waals surface area contributed by atoms with E-state index in [1.807, 2.05) is 44.3 Å². The summed E-state index contributed by atoms with van der Waals surface area (Å²) in [6.45, 7) is 1.85. The zero-order valence-corrected chi connectivity index (χ0v) is 15.5. The Morgan fingerprint density at radius 3 is 2.42 bits per heavy atom. The molecule has 0 unspecified atom stereocenters. The van der Waals surface area contributed by atoms with Gasteiger partial charge in [0.05, 0.1) is 4.90 Å². The molecule has 1 amide bonds. The second kappa shape index (κ2) is 6.76. The molecule has 0 spiro atoms. The summed E-state index contributed by atoms with van der Waals surface area (Å²) in [6.07, 6.45) is 1.11. The third-order valence-electron chi connectivity index (χ3n) is 4.12. The van der Waals surface area contributed by atoms with E-state index in [2.05, 4.69) is 10.3 Å². The van der Waals surface area contributed by atoms with Crippen LogP contribution in [0.25, 0.3) is 11.3 Å². The summed E-state index contributed by atoms with van der Waals surface area (Å²) in [5, 5.41) is 2.86. The van der Waals surface area contributed by atoms with E-state index in [9.17, 15) is 13.2 Å². The molecule has 0 aliphatic rings. The molecule has 2 aromatic carbocycles. The molecule has 0 aliphatic heterocycles. The monoisotopic (exact) mass is 369 g/mol. The van der Waals surface area contributed by atoms with Crippen LogP contribution in [0.4, 0.5) is 5.82 Å². The van der Waals surface area contributed by atoms with Gasteiger partial charge in [-0.05, 0) is 25.1 Å². The van der Waals surface area contributed by atoms with Crippen molar-refractivity contribution < 1.29 is 13.2 Å². The Labute approximate surface area is 152 Å². The van der Waals surface area contributed by atoms with E-state index in [1.54, 1.807) is 16.7 Å². The maximum Gasteiger partial charge on any atom is 0.256 e. The number of rotatable bonds is 4. The fourth-order valence-electron chi connectivity index (χ4n) is 2.60. The molecule has 0 atom stereocenters. The van der Waals surface area contributed by atoms with E-state index in [-0.39, 0.29) is 10.5 Å². The predicted octanol–water partition coefficient (Wildman–Crippen LogP) is 3.05. The van der Waals surface area contributed by atoms with Crippen LogP contribution in [0.1, 0.15) is 16.2 Å². The Hall–Kier alpha value is -2.93. The van der Waals surface area contributed by atoms with Gasteiger partial charge < -0.3 is 9.88 Å². The van der Waals surface area contributed by atoms with Gasteiger partial charge in [-0.25, -0.2) is 13.4 Å². The molecule has 7 heteroatoms. The Bertz CT molecular complexity index is 1070. The van der Waals surface area contributed by atoms with Gasteiger partial charge in [0.1, 0.15) is 17.3 Å². The van der Waals surface area contributed by atoms with Gasteiger partial charge in [-0.3, -0.25) is 4.79 Å². The molecule has 1 aromatic heterocycles. The molecule has 3 rings (SSSR count). The summed E-state index contributed by atoms with van der Waals surface area (Å²) in [4.78, 5) is 17.3. The zero-order valence-electron chi connectivity index (χ0n) is 14.7. The topological polar surface area (TPSA) is 81.1 Å². The SMILES string of the molecule is Cc1nc(-c2ccccc2)c(NC(=O)c2cccc(S(C)(=O)=O)c2)n1C. The minimum atomic E-state index is -3.38. The number of sulfone groups is 1. The van der Waals surface area contributed by atoms with E-state index < -0.39 is 15.7 Å². The van der Waals surface area contributed by atoms with E-state index in [0.717, 1.165) is 17.6 Å². The first-order valence-corrected chi connectivity index (χ1v) is 9.86. The number of carbonyl (C=O) groups excluding carboxylic acids is 1. The standard InChI is InChI=1S/C19H19N3O3S/c1-13-20-17(14-8-5-4-6-9-14)18(22(13)2)21-19(23)15-10-7-11-16(12-15)26(3,24)25/h4-12H,1-3H3,(H,21,23). The Kier molecular flexibility index (Phi) is 4.65. The molecule has 6 nitrogen and oxygen atoms in total. The van der Waals surface area contributed by atoms with Crippen molar-refractivity contribution in [1.29, 1.82) is 0 Å². The van der Waals surface area contributed by atoms with Gasteiger partial charge in [-0.15, -0.1) is 0 Å². The highest BCUT2D eigenvalue weighted by atomic mass is 32.2. The summed E-state index contributed by atoms with van der Waals surface area (Å²) in [5.41, 5.74) is 1.82. The molecular weight excluding hydrogens is 350 g/mol. The van der Waals surface area contributed by atoms with Gasteiger partial charge in [0, 0.05) is 24.4 Å². The van der Waals surface area contributed by atoms with Crippen molar-refractivity contribution in [3.05, 3.63) is 66.0 Å². The van der Waals surface area contributed by atoms with Gasteiger partial charge >= 0.3 is 0 Å². The van der Waals surface area contributed by atoms with Crippen molar-refractivity contribution >= 4 is 21.6 Å². The molecule has 0 aliphatic carbocycles. The number of imidazole rings is 1. The number of hydrogen-bond acceptors (Lipinski definition) is 4. The first-order valence-electron chi connectivity index (χ1n) is 7.97. The number of nitrogens with one attached hydrogen (secondary N) is 1. The van der Waals surface area contributed by atoms with Gasteiger partial charge in [-0.1, -0.05) is 36.4 Å². The Morgan fingerprint density at radius 1 is 1.08 bits per heavy atom. The number of nitrogens with zero attached hydrogens (tertiary/aromatic N) is 2. The third-order valence-corrected chi connectivity index (χ3v) is 5.23. The maximum atomic E-state index is 12.7. The van der Waals surface area contributed by atoms with Crippen molar-refractivity contribution in [1.82, 2.24) is 9.55 Å². The minimum Gasteiger partial charge on any atom is -0.318 e. The third kappa shape index (κ3) is 3.52. The van der Waals surface area contributed by atoms with Crippen LogP contribution in [-0.4, -0.2) is 30.1 Å². The highest BCUT2D eigenvalue weighted by molar-refractivity contribution is 7.90. The number of hydrogen-bond donors (Lipinski definition) is 1. The molecule has 1 heterocycles. The zero-order chi connectivity index (χ0) is 18.9. The van der Waals surface area contributed by atoms with Crippen molar-refractivity contribution in [2.45, 2.75) is 11.8 Å². The summed E-state index contributed by atoms with van der Waals surface area (Å²) in [5.74, 6) is 0.920. The molecule has 0 saturated carbocycles. The molecule has 26 heavy (non-hydrogen) atoms. The molecule has 3 aromatic rings. The van der Waals surface area contributed by atoms with Gasteiger partial charge in [-0.2, -0.15) is 0 Å². The van der Waals surface area contributed by atoms with Crippen molar-refractivity contribution in [3.8, 4) is 11.3 Å². The van der Waals surface area contributed by atoms with E-state index in [1.165, 1.54) is 12.1 Å². The van der Waals surface area contributed by atoms with Gasteiger partial charge in [0.25, 0.3) is 5.91 Å². The second-order valence-electron chi connectivity index (χ2n) is 6.04. The van der Waals surface area contributed by atoms with E-state index in [0.29, 0.717) is 11.5 Å². The van der Waals surface area contributed by atoms with Crippen LogP contribution in [0.15, 0.2) is 59.5 Å². The van der Waals surface area contributed by atoms with Crippen LogP contribution in [0.5, 0.6) is 0 Å². The van der Waals surface area contributed by atoms with Crippen LogP contribution < -0.4 is 5.32 Å². The summed E-state index contributed by atoms with van der Waals surface area (Å²) in [7, 11) is -1.57. The first-order chi connectivity index (χ1) is 12.3. The molecule has 0 fully saturated rings. The molecule has 0 saturated heterocycles. The van der Waals surface area contributed by atoms with Crippen LogP contribution in [0.2, 0.25) is 0 Å². The number of anilines is 1. The fraction of sp³-hybridized carbons (Fsp3) is 0.158. The lowest BCUT2D eigenvalue weighted by molar-refractivity contribution is 0.102. The predicted molar refractivity (Wildman–Crippen MR) is 101 cm³/mol. The highest BCUT2D eigenvalue weighted by Crippen LogP contribution is 2.28. The number of amides is 1. The maximum absolute atomic E-state index is 12.7. The van der Waals surface area contributed by atoms with Gasteiger partial charge in [0.15, 0.2) is 9.84 Å².